The molecule has 19 heavy (non-hydrogen) atoms. The molecule has 0 saturated heterocycles. The van der Waals surface area contributed by atoms with Gasteiger partial charge in [0.1, 0.15) is 0 Å². The third kappa shape index (κ3) is 4.06. The molecule has 2 rings (SSSR count). The highest BCUT2D eigenvalue weighted by molar-refractivity contribution is 9.10. The van der Waals surface area contributed by atoms with E-state index in [0.29, 0.717) is 11.5 Å². The van der Waals surface area contributed by atoms with E-state index in [1.807, 2.05) is 0 Å². The minimum atomic E-state index is 0.558. The lowest BCUT2D eigenvalue weighted by atomic mass is 9.70. The second-order valence-electron chi connectivity index (χ2n) is 6.69. The molecule has 0 amide bonds. The van der Waals surface area contributed by atoms with E-state index in [2.05, 4.69) is 66.4 Å². The van der Waals surface area contributed by atoms with Gasteiger partial charge in [-0.1, -0.05) is 48.0 Å². The van der Waals surface area contributed by atoms with Crippen LogP contribution in [0.3, 0.4) is 0 Å². The third-order valence-electron chi connectivity index (χ3n) is 4.72. The van der Waals surface area contributed by atoms with Gasteiger partial charge in [0.15, 0.2) is 0 Å². The van der Waals surface area contributed by atoms with Crippen molar-refractivity contribution in [2.45, 2.75) is 52.0 Å². The Morgan fingerprint density at radius 2 is 1.89 bits per heavy atom. The Kier molecular flexibility index (Phi) is 5.08. The highest BCUT2D eigenvalue weighted by atomic mass is 79.9. The summed E-state index contributed by atoms with van der Waals surface area (Å²) in [6.07, 6.45) is 6.59. The first kappa shape index (κ1) is 15.1. The number of hydrogen-bond acceptors (Lipinski definition) is 1. The van der Waals surface area contributed by atoms with Gasteiger partial charge in [0.05, 0.1) is 0 Å². The van der Waals surface area contributed by atoms with Gasteiger partial charge in [0, 0.05) is 10.5 Å². The molecule has 1 saturated carbocycles. The van der Waals surface area contributed by atoms with E-state index in [-0.39, 0.29) is 0 Å². The van der Waals surface area contributed by atoms with Crippen molar-refractivity contribution in [1.82, 2.24) is 5.32 Å². The lowest BCUT2D eigenvalue weighted by molar-refractivity contribution is 0.163. The van der Waals surface area contributed by atoms with Crippen LogP contribution in [0.4, 0.5) is 0 Å². The van der Waals surface area contributed by atoms with Crippen LogP contribution in [0.25, 0.3) is 0 Å². The Morgan fingerprint density at radius 3 is 2.47 bits per heavy atom. The zero-order valence-electron chi connectivity index (χ0n) is 12.4. The molecule has 2 heteroatoms. The maximum Gasteiger partial charge on any atom is 0.0207 e. The van der Waals surface area contributed by atoms with Gasteiger partial charge in [-0.15, -0.1) is 0 Å². The minimum absolute atomic E-state index is 0.558. The van der Waals surface area contributed by atoms with E-state index in [4.69, 9.17) is 0 Å². The zero-order valence-corrected chi connectivity index (χ0v) is 14.0. The number of benzene rings is 1. The van der Waals surface area contributed by atoms with Crippen LogP contribution in [0.1, 0.15) is 45.1 Å². The molecule has 0 spiro atoms. The van der Waals surface area contributed by atoms with E-state index in [1.165, 1.54) is 35.7 Å². The van der Waals surface area contributed by atoms with Crippen LogP contribution in [0.2, 0.25) is 0 Å². The molecule has 1 unspecified atom stereocenters. The van der Waals surface area contributed by atoms with Gasteiger partial charge in [-0.25, -0.2) is 0 Å². The first-order chi connectivity index (χ1) is 9.02. The summed E-state index contributed by atoms with van der Waals surface area (Å²) in [5.74, 6) is 0.824. The van der Waals surface area contributed by atoms with E-state index >= 15 is 0 Å². The van der Waals surface area contributed by atoms with Crippen molar-refractivity contribution in [2.24, 2.45) is 11.3 Å². The normalized spacial score (nSPS) is 21.3. The van der Waals surface area contributed by atoms with Crippen molar-refractivity contribution in [3.05, 3.63) is 34.3 Å². The minimum Gasteiger partial charge on any atom is -0.316 e. The van der Waals surface area contributed by atoms with Gasteiger partial charge >= 0.3 is 0 Å². The van der Waals surface area contributed by atoms with E-state index in [9.17, 15) is 0 Å². The van der Waals surface area contributed by atoms with Gasteiger partial charge < -0.3 is 5.32 Å². The second kappa shape index (κ2) is 6.41. The van der Waals surface area contributed by atoms with Crippen molar-refractivity contribution >= 4 is 15.9 Å². The van der Waals surface area contributed by atoms with Crippen LogP contribution < -0.4 is 5.32 Å². The predicted octanol–water partition coefficient (Wildman–Crippen LogP) is 4.80. The molecule has 1 nitrogen and oxygen atoms in total. The van der Waals surface area contributed by atoms with Gasteiger partial charge in [0.25, 0.3) is 0 Å². The molecule has 0 radical (unpaired) electrons. The Bertz CT molecular complexity index is 403. The van der Waals surface area contributed by atoms with Crippen LogP contribution in [0, 0.1) is 11.3 Å². The zero-order chi connectivity index (χ0) is 13.9. The molecule has 1 N–H and O–H groups in total. The predicted molar refractivity (Wildman–Crippen MR) is 86.4 cm³/mol. The summed E-state index contributed by atoms with van der Waals surface area (Å²) < 4.78 is 1.24. The summed E-state index contributed by atoms with van der Waals surface area (Å²) in [4.78, 5) is 0. The molecule has 0 aromatic heterocycles. The molecule has 106 valence electrons. The van der Waals surface area contributed by atoms with Gasteiger partial charge in [0.2, 0.25) is 0 Å². The quantitative estimate of drug-likeness (QED) is 0.839. The average Bonchev–Trinajstić information content (AvgIpc) is 2.38. The number of nitrogens with one attached hydrogen (secondary N) is 1. The molecule has 0 bridgehead atoms. The van der Waals surface area contributed by atoms with Crippen LogP contribution >= 0.6 is 15.9 Å². The maximum absolute atomic E-state index is 3.67. The topological polar surface area (TPSA) is 12.0 Å². The lowest BCUT2D eigenvalue weighted by Gasteiger charge is -2.38. The number of likely N-dealkylation sites (N-methyl/N-ethyl adjacent to an activating group) is 1. The summed E-state index contributed by atoms with van der Waals surface area (Å²) in [6, 6.07) is 9.21. The lowest BCUT2D eigenvalue weighted by Crippen LogP contribution is -2.38. The largest absolute Gasteiger partial charge is 0.316 e. The van der Waals surface area contributed by atoms with Crippen molar-refractivity contribution in [3.8, 4) is 0 Å². The standard InChI is InChI=1S/C17H26BrN/c1-17(2)10-8-13(9-11-17)16(19-3)12-14-6-4-5-7-15(14)18/h4-7,13,16,19H,8-12H2,1-3H3. The van der Waals surface area contributed by atoms with Crippen LogP contribution in [-0.2, 0) is 6.42 Å². The SMILES string of the molecule is CNC(Cc1ccccc1Br)C1CCC(C)(C)CC1. The fourth-order valence-corrected chi connectivity index (χ4v) is 3.68. The molecule has 1 atom stereocenters. The molecule has 0 aliphatic heterocycles. The molecule has 1 aromatic carbocycles. The molecular weight excluding hydrogens is 298 g/mol. The van der Waals surface area contributed by atoms with Crippen molar-refractivity contribution < 1.29 is 0 Å². The summed E-state index contributed by atoms with van der Waals surface area (Å²) in [5, 5.41) is 3.55. The number of hydrogen-bond donors (Lipinski definition) is 1. The molecule has 1 fully saturated rings. The average molecular weight is 324 g/mol. The van der Waals surface area contributed by atoms with Crippen molar-refractivity contribution in [1.29, 1.82) is 0 Å². The molecule has 0 heterocycles. The molecular formula is C17H26BrN. The Morgan fingerprint density at radius 1 is 1.26 bits per heavy atom. The Hall–Kier alpha value is -0.340. The molecule has 1 aliphatic carbocycles. The van der Waals surface area contributed by atoms with Crippen LogP contribution in [0.15, 0.2) is 28.7 Å². The van der Waals surface area contributed by atoms with E-state index in [0.717, 1.165) is 12.3 Å². The summed E-state index contributed by atoms with van der Waals surface area (Å²) in [5.41, 5.74) is 1.98. The number of halogens is 1. The van der Waals surface area contributed by atoms with Gasteiger partial charge in [-0.3, -0.25) is 0 Å². The molecule has 1 aliphatic rings. The van der Waals surface area contributed by atoms with E-state index < -0.39 is 0 Å². The second-order valence-corrected chi connectivity index (χ2v) is 7.55. The van der Waals surface area contributed by atoms with Gasteiger partial charge in [-0.2, -0.15) is 0 Å². The first-order valence-corrected chi connectivity index (χ1v) is 8.22. The maximum atomic E-state index is 3.67. The first-order valence-electron chi connectivity index (χ1n) is 7.42. The van der Waals surface area contributed by atoms with Crippen molar-refractivity contribution in [2.75, 3.05) is 7.05 Å². The van der Waals surface area contributed by atoms with Crippen molar-refractivity contribution in [3.63, 3.8) is 0 Å². The van der Waals surface area contributed by atoms with Gasteiger partial charge in [-0.05, 0) is 62.1 Å². The summed E-state index contributed by atoms with van der Waals surface area (Å²) in [6.45, 7) is 4.82. The fraction of sp³-hybridized carbons (Fsp3) is 0.647. The summed E-state index contributed by atoms with van der Waals surface area (Å²) in [7, 11) is 2.11. The van der Waals surface area contributed by atoms with Crippen LogP contribution in [0.5, 0.6) is 0 Å². The highest BCUT2D eigenvalue weighted by Gasteiger charge is 2.30. The number of rotatable bonds is 4. The highest BCUT2D eigenvalue weighted by Crippen LogP contribution is 2.39. The summed E-state index contributed by atoms with van der Waals surface area (Å²) >= 11 is 3.67. The van der Waals surface area contributed by atoms with E-state index in [1.54, 1.807) is 0 Å². The third-order valence-corrected chi connectivity index (χ3v) is 5.49. The van der Waals surface area contributed by atoms with Crippen LogP contribution in [-0.4, -0.2) is 13.1 Å². The monoisotopic (exact) mass is 323 g/mol. The Labute approximate surface area is 126 Å². The Balaban J connectivity index is 1.99. The fourth-order valence-electron chi connectivity index (χ4n) is 3.23. The molecule has 1 aromatic rings. The smallest absolute Gasteiger partial charge is 0.0207 e.